The van der Waals surface area contributed by atoms with E-state index in [0.29, 0.717) is 12.0 Å². The Labute approximate surface area is 97.6 Å². The van der Waals surface area contributed by atoms with Gasteiger partial charge in [0, 0.05) is 4.47 Å². The van der Waals surface area contributed by atoms with Crippen LogP contribution in [0.3, 0.4) is 0 Å². The van der Waals surface area contributed by atoms with Crippen molar-refractivity contribution in [2.75, 3.05) is 13.6 Å². The average molecular weight is 272 g/mol. The van der Waals surface area contributed by atoms with Gasteiger partial charge in [-0.1, -0.05) is 22.9 Å². The smallest absolute Gasteiger partial charge is 0.180 e. The summed E-state index contributed by atoms with van der Waals surface area (Å²) in [4.78, 5) is 11.6. The fourth-order valence-electron chi connectivity index (χ4n) is 1.39. The Morgan fingerprint density at radius 3 is 2.73 bits per heavy atom. The molecule has 4 heteroatoms. The minimum atomic E-state index is -0.106. The molecule has 0 saturated carbocycles. The van der Waals surface area contributed by atoms with E-state index in [1.165, 1.54) is 0 Å². The van der Waals surface area contributed by atoms with Crippen molar-refractivity contribution in [1.82, 2.24) is 5.32 Å². The summed E-state index contributed by atoms with van der Waals surface area (Å²) in [5.74, 6) is -0.00745. The number of carbonyl (C=O) groups is 1. The maximum atomic E-state index is 11.6. The maximum Gasteiger partial charge on any atom is 0.180 e. The molecule has 0 aliphatic rings. The summed E-state index contributed by atoms with van der Waals surface area (Å²) >= 11 is 3.32. The van der Waals surface area contributed by atoms with Crippen molar-refractivity contribution in [3.05, 3.63) is 27.7 Å². The molecule has 1 aromatic carbocycles. The fourth-order valence-corrected chi connectivity index (χ4v) is 1.90. The highest BCUT2D eigenvalue weighted by molar-refractivity contribution is 9.10. The number of phenols is 1. The van der Waals surface area contributed by atoms with E-state index >= 15 is 0 Å². The van der Waals surface area contributed by atoms with Crippen molar-refractivity contribution < 1.29 is 9.90 Å². The standard InChI is InChI=1S/C11H14BrNO2/c1-3-7-4-8(12)5-9(11(7)15)10(14)6-13-2/h4-5,13,15H,3,6H2,1-2H3. The number of hydrogen-bond donors (Lipinski definition) is 2. The normalized spacial score (nSPS) is 10.3. The Morgan fingerprint density at radius 2 is 2.20 bits per heavy atom. The number of likely N-dealkylation sites (N-methyl/N-ethyl adjacent to an activating group) is 1. The fraction of sp³-hybridized carbons (Fsp3) is 0.364. The highest BCUT2D eigenvalue weighted by atomic mass is 79.9. The maximum absolute atomic E-state index is 11.6. The number of carbonyl (C=O) groups excluding carboxylic acids is 1. The van der Waals surface area contributed by atoms with Crippen LogP contribution in [0.2, 0.25) is 0 Å². The summed E-state index contributed by atoms with van der Waals surface area (Å²) < 4.78 is 0.816. The molecule has 0 unspecified atom stereocenters. The van der Waals surface area contributed by atoms with Crippen LogP contribution in [-0.4, -0.2) is 24.5 Å². The van der Waals surface area contributed by atoms with Crippen LogP contribution in [0.25, 0.3) is 0 Å². The summed E-state index contributed by atoms with van der Waals surface area (Å²) in [5.41, 5.74) is 1.15. The van der Waals surface area contributed by atoms with Crippen LogP contribution in [0.4, 0.5) is 0 Å². The van der Waals surface area contributed by atoms with Crippen molar-refractivity contribution in [2.45, 2.75) is 13.3 Å². The van der Waals surface area contributed by atoms with Gasteiger partial charge in [0.15, 0.2) is 5.78 Å². The Kier molecular flexibility index (Phi) is 4.29. The predicted molar refractivity (Wildman–Crippen MR) is 63.4 cm³/mol. The zero-order valence-corrected chi connectivity index (χ0v) is 10.4. The number of phenolic OH excluding ortho intramolecular Hbond substituents is 1. The van der Waals surface area contributed by atoms with Crippen LogP contribution in [0.15, 0.2) is 16.6 Å². The number of rotatable bonds is 4. The average Bonchev–Trinajstić information content (AvgIpc) is 2.21. The van der Waals surface area contributed by atoms with Gasteiger partial charge in [-0.25, -0.2) is 0 Å². The van der Waals surface area contributed by atoms with E-state index in [9.17, 15) is 9.90 Å². The third-order valence-corrected chi connectivity index (χ3v) is 2.63. The summed E-state index contributed by atoms with van der Waals surface area (Å²) in [5, 5.41) is 12.6. The van der Waals surface area contributed by atoms with Gasteiger partial charge in [0.05, 0.1) is 12.1 Å². The van der Waals surface area contributed by atoms with Gasteiger partial charge in [-0.2, -0.15) is 0 Å². The third-order valence-electron chi connectivity index (χ3n) is 2.17. The van der Waals surface area contributed by atoms with E-state index in [1.54, 1.807) is 13.1 Å². The second-order valence-electron chi connectivity index (χ2n) is 3.27. The van der Waals surface area contributed by atoms with Gasteiger partial charge in [0.25, 0.3) is 0 Å². The molecule has 0 fully saturated rings. The zero-order valence-electron chi connectivity index (χ0n) is 8.80. The van der Waals surface area contributed by atoms with E-state index in [0.717, 1.165) is 10.0 Å². The number of halogens is 1. The van der Waals surface area contributed by atoms with Crippen LogP contribution in [0, 0.1) is 0 Å². The largest absolute Gasteiger partial charge is 0.507 e. The minimum absolute atomic E-state index is 0.0981. The first kappa shape index (κ1) is 12.2. The van der Waals surface area contributed by atoms with Crippen molar-refractivity contribution in [2.24, 2.45) is 0 Å². The molecule has 0 heterocycles. The second kappa shape index (κ2) is 5.28. The molecule has 0 amide bonds. The Hall–Kier alpha value is -0.870. The predicted octanol–water partition coefficient (Wildman–Crippen LogP) is 2.12. The van der Waals surface area contributed by atoms with Crippen molar-refractivity contribution in [3.63, 3.8) is 0 Å². The molecule has 2 N–H and O–H groups in total. The Bertz CT molecular complexity index is 377. The lowest BCUT2D eigenvalue weighted by molar-refractivity contribution is 0.0991. The number of Topliss-reactive ketones (excluding diaryl/α,β-unsaturated/α-hetero) is 1. The van der Waals surface area contributed by atoms with Crippen LogP contribution in [0.5, 0.6) is 5.75 Å². The molecule has 1 aromatic rings. The van der Waals surface area contributed by atoms with Crippen LogP contribution < -0.4 is 5.32 Å². The van der Waals surface area contributed by atoms with Gasteiger partial charge in [-0.3, -0.25) is 4.79 Å². The van der Waals surface area contributed by atoms with Gasteiger partial charge in [-0.15, -0.1) is 0 Å². The molecule has 0 atom stereocenters. The lowest BCUT2D eigenvalue weighted by atomic mass is 10.0. The molecule has 0 aliphatic carbocycles. The Morgan fingerprint density at radius 1 is 1.53 bits per heavy atom. The lowest BCUT2D eigenvalue weighted by Crippen LogP contribution is -2.18. The SMILES string of the molecule is CCc1cc(Br)cc(C(=O)CNC)c1O. The number of hydrogen-bond acceptors (Lipinski definition) is 3. The van der Waals surface area contributed by atoms with Gasteiger partial charge in [0.2, 0.25) is 0 Å². The van der Waals surface area contributed by atoms with Gasteiger partial charge in [0.1, 0.15) is 5.75 Å². The number of ketones is 1. The molecule has 0 aliphatic heterocycles. The molecule has 0 bridgehead atoms. The molecule has 0 radical (unpaired) electrons. The highest BCUT2D eigenvalue weighted by Gasteiger charge is 2.14. The quantitative estimate of drug-likeness (QED) is 0.825. The molecular weight excluding hydrogens is 258 g/mol. The molecule has 0 aromatic heterocycles. The summed E-state index contributed by atoms with van der Waals surface area (Å²) in [6, 6.07) is 3.47. The number of nitrogens with one attached hydrogen (secondary N) is 1. The molecule has 3 nitrogen and oxygen atoms in total. The summed E-state index contributed by atoms with van der Waals surface area (Å²) in [6.07, 6.45) is 0.700. The molecule has 82 valence electrons. The third kappa shape index (κ3) is 2.79. The minimum Gasteiger partial charge on any atom is -0.507 e. The first-order chi connectivity index (χ1) is 7.10. The van der Waals surface area contributed by atoms with E-state index < -0.39 is 0 Å². The molecule has 15 heavy (non-hydrogen) atoms. The first-order valence-corrected chi connectivity index (χ1v) is 5.58. The second-order valence-corrected chi connectivity index (χ2v) is 4.18. The number of benzene rings is 1. The van der Waals surface area contributed by atoms with E-state index in [4.69, 9.17) is 0 Å². The van der Waals surface area contributed by atoms with E-state index in [1.807, 2.05) is 13.0 Å². The highest BCUT2D eigenvalue weighted by Crippen LogP contribution is 2.28. The lowest BCUT2D eigenvalue weighted by Gasteiger charge is -2.08. The van der Waals surface area contributed by atoms with Crippen molar-refractivity contribution in [1.29, 1.82) is 0 Å². The van der Waals surface area contributed by atoms with Gasteiger partial charge < -0.3 is 10.4 Å². The van der Waals surface area contributed by atoms with Crippen molar-refractivity contribution >= 4 is 21.7 Å². The topological polar surface area (TPSA) is 49.3 Å². The van der Waals surface area contributed by atoms with Gasteiger partial charge >= 0.3 is 0 Å². The summed E-state index contributed by atoms with van der Waals surface area (Å²) in [7, 11) is 1.70. The van der Waals surface area contributed by atoms with Crippen LogP contribution in [0.1, 0.15) is 22.8 Å². The molecule has 0 saturated heterocycles. The summed E-state index contributed by atoms with van der Waals surface area (Å²) in [6.45, 7) is 2.17. The van der Waals surface area contributed by atoms with Gasteiger partial charge in [-0.05, 0) is 31.2 Å². The molecule has 1 rings (SSSR count). The molecular formula is C11H14BrNO2. The first-order valence-electron chi connectivity index (χ1n) is 4.79. The Balaban J connectivity index is 3.17. The molecule has 0 spiro atoms. The number of aromatic hydroxyl groups is 1. The monoisotopic (exact) mass is 271 g/mol. The van der Waals surface area contributed by atoms with Crippen LogP contribution in [-0.2, 0) is 6.42 Å². The zero-order chi connectivity index (χ0) is 11.4. The van der Waals surface area contributed by atoms with E-state index in [-0.39, 0.29) is 18.1 Å². The number of aryl methyl sites for hydroxylation is 1. The van der Waals surface area contributed by atoms with Crippen molar-refractivity contribution in [3.8, 4) is 5.75 Å². The van der Waals surface area contributed by atoms with Crippen LogP contribution >= 0.6 is 15.9 Å². The van der Waals surface area contributed by atoms with E-state index in [2.05, 4.69) is 21.2 Å².